The molecule has 1 aromatic heterocycles. The molecule has 20 heavy (non-hydrogen) atoms. The number of rotatable bonds is 4. The third kappa shape index (κ3) is 2.96. The minimum atomic E-state index is -3.82. The van der Waals surface area contributed by atoms with Gasteiger partial charge < -0.3 is 15.5 Å². The van der Waals surface area contributed by atoms with Gasteiger partial charge in [0.25, 0.3) is 0 Å². The maximum atomic E-state index is 12.6. The molecule has 2 atom stereocenters. The highest BCUT2D eigenvalue weighted by molar-refractivity contribution is 9.10. The summed E-state index contributed by atoms with van der Waals surface area (Å²) >= 11 is 3.20. The van der Waals surface area contributed by atoms with Gasteiger partial charge in [-0.1, -0.05) is 0 Å². The molecular formula is C11H16BrN3O4S. The van der Waals surface area contributed by atoms with Crippen LogP contribution >= 0.6 is 15.9 Å². The van der Waals surface area contributed by atoms with Gasteiger partial charge in [0.15, 0.2) is 0 Å². The molecule has 2 unspecified atom stereocenters. The van der Waals surface area contributed by atoms with Crippen LogP contribution in [-0.4, -0.2) is 59.8 Å². The normalized spacial score (nSPS) is 24.0. The van der Waals surface area contributed by atoms with Gasteiger partial charge in [-0.25, -0.2) is 13.4 Å². The van der Waals surface area contributed by atoms with Crippen molar-refractivity contribution in [2.24, 2.45) is 0 Å². The number of aliphatic hydroxyl groups excluding tert-OH is 2. The van der Waals surface area contributed by atoms with Gasteiger partial charge >= 0.3 is 0 Å². The number of anilines is 1. The predicted molar refractivity (Wildman–Crippen MR) is 76.9 cm³/mol. The van der Waals surface area contributed by atoms with Crippen LogP contribution in [0.4, 0.5) is 5.82 Å². The minimum Gasteiger partial charge on any atom is -0.389 e. The number of pyridine rings is 1. The number of halogens is 1. The summed E-state index contributed by atoms with van der Waals surface area (Å²) < 4.78 is 26.8. The first-order valence-electron chi connectivity index (χ1n) is 6.12. The van der Waals surface area contributed by atoms with Gasteiger partial charge in [0.1, 0.15) is 10.7 Å². The zero-order chi connectivity index (χ0) is 14.9. The molecule has 1 aromatic rings. The fourth-order valence-electron chi connectivity index (χ4n) is 1.99. The number of nitrogens with one attached hydrogen (secondary N) is 1. The molecule has 7 nitrogen and oxygen atoms in total. The van der Waals surface area contributed by atoms with E-state index in [4.69, 9.17) is 0 Å². The lowest BCUT2D eigenvalue weighted by Gasteiger charge is -2.18. The third-order valence-corrected chi connectivity index (χ3v) is 5.29. The zero-order valence-electron chi connectivity index (χ0n) is 10.8. The fourth-order valence-corrected chi connectivity index (χ4v) is 4.09. The van der Waals surface area contributed by atoms with Crippen molar-refractivity contribution in [3.8, 4) is 0 Å². The molecule has 0 amide bonds. The summed E-state index contributed by atoms with van der Waals surface area (Å²) in [6.07, 6.45) is -0.620. The number of aliphatic hydroxyl groups is 2. The van der Waals surface area contributed by atoms with Crippen molar-refractivity contribution in [2.75, 3.05) is 25.0 Å². The van der Waals surface area contributed by atoms with Gasteiger partial charge in [-0.2, -0.15) is 4.31 Å². The molecule has 1 fully saturated rings. The summed E-state index contributed by atoms with van der Waals surface area (Å²) in [6, 6.07) is 1.46. The second-order valence-corrected chi connectivity index (χ2v) is 7.31. The molecule has 0 aliphatic carbocycles. The Morgan fingerprint density at radius 2 is 2.05 bits per heavy atom. The van der Waals surface area contributed by atoms with Gasteiger partial charge in [-0.05, 0) is 28.9 Å². The van der Waals surface area contributed by atoms with Crippen LogP contribution < -0.4 is 5.32 Å². The molecule has 0 saturated carbocycles. The highest BCUT2D eigenvalue weighted by Gasteiger charge is 2.38. The first-order chi connectivity index (χ1) is 9.36. The van der Waals surface area contributed by atoms with E-state index >= 15 is 0 Å². The molecule has 3 N–H and O–H groups in total. The van der Waals surface area contributed by atoms with Gasteiger partial charge in [-0.15, -0.1) is 0 Å². The lowest BCUT2D eigenvalue weighted by atomic mass is 10.3. The van der Waals surface area contributed by atoms with Crippen LogP contribution in [0.2, 0.25) is 0 Å². The molecule has 2 heterocycles. The molecule has 112 valence electrons. The summed E-state index contributed by atoms with van der Waals surface area (Å²) in [5, 5.41) is 21.9. The second kappa shape index (κ2) is 5.94. The highest BCUT2D eigenvalue weighted by Crippen LogP contribution is 2.28. The molecule has 0 spiro atoms. The summed E-state index contributed by atoms with van der Waals surface area (Å²) in [5.41, 5.74) is 0. The van der Waals surface area contributed by atoms with E-state index in [9.17, 15) is 18.6 Å². The van der Waals surface area contributed by atoms with Crippen molar-refractivity contribution >= 4 is 31.8 Å². The van der Waals surface area contributed by atoms with Crippen molar-refractivity contribution in [2.45, 2.75) is 24.0 Å². The Balaban J connectivity index is 2.41. The van der Waals surface area contributed by atoms with Gasteiger partial charge in [0.05, 0.1) is 12.2 Å². The number of β-amino-alcohol motifs (C(OH)–C–C–N with tert-alkyl or cyclic N) is 2. The van der Waals surface area contributed by atoms with Crippen molar-refractivity contribution in [1.29, 1.82) is 0 Å². The molecular weight excluding hydrogens is 350 g/mol. The zero-order valence-corrected chi connectivity index (χ0v) is 13.2. The average Bonchev–Trinajstić information content (AvgIpc) is 2.73. The maximum Gasteiger partial charge on any atom is 0.246 e. The van der Waals surface area contributed by atoms with E-state index in [0.717, 1.165) is 4.31 Å². The highest BCUT2D eigenvalue weighted by atomic mass is 79.9. The van der Waals surface area contributed by atoms with E-state index < -0.39 is 22.2 Å². The number of aromatic nitrogens is 1. The third-order valence-electron chi connectivity index (χ3n) is 3.01. The molecule has 1 aliphatic heterocycles. The molecule has 2 rings (SSSR count). The molecule has 1 saturated heterocycles. The smallest absolute Gasteiger partial charge is 0.246 e. The van der Waals surface area contributed by atoms with Crippen LogP contribution in [0.3, 0.4) is 0 Å². The number of nitrogens with zero attached hydrogens (tertiary/aromatic N) is 2. The van der Waals surface area contributed by atoms with Crippen LogP contribution in [-0.2, 0) is 10.0 Å². The van der Waals surface area contributed by atoms with Crippen LogP contribution in [0.5, 0.6) is 0 Å². The molecule has 0 bridgehead atoms. The molecule has 9 heteroatoms. The number of hydrogen-bond acceptors (Lipinski definition) is 6. The SMILES string of the molecule is CCNc1ncc(Br)cc1S(=O)(=O)N1CC(O)C(O)C1. The van der Waals surface area contributed by atoms with Crippen molar-refractivity contribution in [3.05, 3.63) is 16.7 Å². The predicted octanol–water partition coefficient (Wildman–Crippen LogP) is 0.00200. The van der Waals surface area contributed by atoms with Gasteiger partial charge in [0.2, 0.25) is 10.0 Å². The maximum absolute atomic E-state index is 12.6. The Bertz CT molecular complexity index is 585. The summed E-state index contributed by atoms with van der Waals surface area (Å²) in [4.78, 5) is 4.08. The van der Waals surface area contributed by atoms with Crippen molar-refractivity contribution in [3.63, 3.8) is 0 Å². The lowest BCUT2D eigenvalue weighted by molar-refractivity contribution is 0.0572. The van der Waals surface area contributed by atoms with E-state index in [-0.39, 0.29) is 23.8 Å². The Morgan fingerprint density at radius 1 is 1.45 bits per heavy atom. The standard InChI is InChI=1S/C11H16BrN3O4S/c1-2-13-11-10(3-7(12)4-14-11)20(18,19)15-5-8(16)9(17)6-15/h3-4,8-9,16-17H,2,5-6H2,1H3,(H,13,14). The van der Waals surface area contributed by atoms with E-state index in [1.54, 1.807) is 0 Å². The summed E-state index contributed by atoms with van der Waals surface area (Å²) in [5.74, 6) is 0.256. The summed E-state index contributed by atoms with van der Waals surface area (Å²) in [7, 11) is -3.82. The quantitative estimate of drug-likeness (QED) is 0.694. The van der Waals surface area contributed by atoms with Crippen LogP contribution in [0.25, 0.3) is 0 Å². The Labute approximate surface area is 125 Å². The topological polar surface area (TPSA) is 103 Å². The van der Waals surface area contributed by atoms with Gasteiger partial charge in [0, 0.05) is 30.3 Å². The number of hydrogen-bond donors (Lipinski definition) is 3. The Kier molecular flexibility index (Phi) is 4.65. The largest absolute Gasteiger partial charge is 0.389 e. The monoisotopic (exact) mass is 365 g/mol. The average molecular weight is 366 g/mol. The molecule has 1 aliphatic rings. The van der Waals surface area contributed by atoms with Crippen LogP contribution in [0.15, 0.2) is 21.6 Å². The van der Waals surface area contributed by atoms with Crippen molar-refractivity contribution in [1.82, 2.24) is 9.29 Å². The van der Waals surface area contributed by atoms with Crippen LogP contribution in [0.1, 0.15) is 6.92 Å². The van der Waals surface area contributed by atoms with E-state index in [0.29, 0.717) is 11.0 Å². The van der Waals surface area contributed by atoms with Crippen LogP contribution in [0, 0.1) is 0 Å². The Morgan fingerprint density at radius 3 is 2.60 bits per heavy atom. The first kappa shape index (κ1) is 15.6. The van der Waals surface area contributed by atoms with Gasteiger partial charge in [-0.3, -0.25) is 0 Å². The first-order valence-corrected chi connectivity index (χ1v) is 8.35. The van der Waals surface area contributed by atoms with E-state index in [1.807, 2.05) is 6.92 Å². The number of sulfonamides is 1. The summed E-state index contributed by atoms with van der Waals surface area (Å²) in [6.45, 7) is 2.12. The van der Waals surface area contributed by atoms with Crippen molar-refractivity contribution < 1.29 is 18.6 Å². The Hall–Kier alpha value is -0.740. The minimum absolute atomic E-state index is 0.0232. The van der Waals surface area contributed by atoms with E-state index in [2.05, 4.69) is 26.2 Å². The fraction of sp³-hybridized carbons (Fsp3) is 0.545. The molecule has 0 aromatic carbocycles. The lowest BCUT2D eigenvalue weighted by Crippen LogP contribution is -2.30. The van der Waals surface area contributed by atoms with E-state index in [1.165, 1.54) is 12.3 Å². The second-order valence-electron chi connectivity index (χ2n) is 4.49. The molecule has 0 radical (unpaired) electrons.